The molecule has 6 rings (SSSR count). The SMILES string of the molecule is COc1cc(C(=O)NCC(O)(c2cc3c(c(-c4ccc(F)cc4)n2)OC[C@]3(C)C(=O)NC2CCC2)C(F)(F)F)ccc1OC1CC1. The Morgan fingerprint density at radius 3 is 2.39 bits per heavy atom. The number of amides is 2. The van der Waals surface area contributed by atoms with Crippen molar-refractivity contribution in [3.8, 4) is 28.5 Å². The Balaban J connectivity index is 1.37. The molecule has 1 unspecified atom stereocenters. The van der Waals surface area contributed by atoms with E-state index in [0.717, 1.165) is 50.3 Å². The van der Waals surface area contributed by atoms with Crippen molar-refractivity contribution in [1.29, 1.82) is 0 Å². The van der Waals surface area contributed by atoms with E-state index in [-0.39, 0.29) is 52.6 Å². The molecule has 3 aliphatic rings. The van der Waals surface area contributed by atoms with Crippen molar-refractivity contribution in [2.45, 2.75) is 68.4 Å². The minimum absolute atomic E-state index is 0.0212. The van der Waals surface area contributed by atoms with Gasteiger partial charge in [-0.25, -0.2) is 9.37 Å². The van der Waals surface area contributed by atoms with Crippen LogP contribution in [0.4, 0.5) is 17.6 Å². The highest BCUT2D eigenvalue weighted by Gasteiger charge is 2.58. The molecular formula is C33H33F4N3O6. The molecule has 2 atom stereocenters. The fourth-order valence-corrected chi connectivity index (χ4v) is 5.40. The molecule has 3 aromatic rings. The number of pyridine rings is 1. The van der Waals surface area contributed by atoms with Gasteiger partial charge in [0, 0.05) is 22.7 Å². The quantitative estimate of drug-likeness (QED) is 0.268. The number of benzene rings is 2. The van der Waals surface area contributed by atoms with Crippen LogP contribution in [0.1, 0.15) is 60.6 Å². The third-order valence-electron chi connectivity index (χ3n) is 8.77. The maximum Gasteiger partial charge on any atom is 0.424 e. The van der Waals surface area contributed by atoms with Gasteiger partial charge in [0.05, 0.1) is 25.5 Å². The number of nitrogens with one attached hydrogen (secondary N) is 2. The van der Waals surface area contributed by atoms with Crippen LogP contribution in [0, 0.1) is 5.82 Å². The monoisotopic (exact) mass is 643 g/mol. The summed E-state index contributed by atoms with van der Waals surface area (Å²) in [5, 5.41) is 16.5. The van der Waals surface area contributed by atoms with Gasteiger partial charge in [0.1, 0.15) is 29.3 Å². The molecule has 1 aromatic heterocycles. The summed E-state index contributed by atoms with van der Waals surface area (Å²) in [5.74, 6) is -1.25. The second kappa shape index (κ2) is 11.8. The fourth-order valence-electron chi connectivity index (χ4n) is 5.40. The highest BCUT2D eigenvalue weighted by Crippen LogP contribution is 2.48. The van der Waals surface area contributed by atoms with E-state index in [1.165, 1.54) is 37.4 Å². The second-order valence-corrected chi connectivity index (χ2v) is 12.2. The number of aliphatic hydroxyl groups is 1. The second-order valence-electron chi connectivity index (χ2n) is 12.2. The van der Waals surface area contributed by atoms with Crippen molar-refractivity contribution in [3.63, 3.8) is 0 Å². The Morgan fingerprint density at radius 2 is 1.78 bits per heavy atom. The molecule has 0 bridgehead atoms. The smallest absolute Gasteiger partial charge is 0.424 e. The van der Waals surface area contributed by atoms with Crippen LogP contribution in [0.3, 0.4) is 0 Å². The Hall–Kier alpha value is -4.39. The van der Waals surface area contributed by atoms with Crippen molar-refractivity contribution in [2.24, 2.45) is 0 Å². The molecule has 2 amide bonds. The summed E-state index contributed by atoms with van der Waals surface area (Å²) < 4.78 is 75.2. The predicted octanol–water partition coefficient (Wildman–Crippen LogP) is 4.94. The van der Waals surface area contributed by atoms with Gasteiger partial charge in [-0.1, -0.05) is 0 Å². The zero-order valence-corrected chi connectivity index (χ0v) is 25.2. The standard InChI is InChI=1S/C33H33F4N3O6/c1-31(30(42)39-21-4-3-5-21)17-45-28-23(31)15-26(40-27(28)18-6-9-20(34)10-7-18)32(43,33(35,36)37)16-38-29(41)19-8-13-24(25(14-19)44-2)46-22-11-12-22/h6-10,13-15,21-22,43H,3-5,11-12,16-17H2,1-2H3,(H,38,41)(H,39,42)/t31-,32?/m0/s1. The molecule has 2 saturated carbocycles. The van der Waals surface area contributed by atoms with Crippen LogP contribution in [0.2, 0.25) is 0 Å². The number of halogens is 4. The number of alkyl halides is 3. The van der Waals surface area contributed by atoms with Gasteiger partial charge in [0.2, 0.25) is 11.5 Å². The zero-order valence-electron chi connectivity index (χ0n) is 25.2. The Morgan fingerprint density at radius 1 is 1.07 bits per heavy atom. The number of hydrogen-bond donors (Lipinski definition) is 3. The molecule has 13 heteroatoms. The Labute approximate surface area is 262 Å². The molecule has 9 nitrogen and oxygen atoms in total. The van der Waals surface area contributed by atoms with E-state index >= 15 is 0 Å². The summed E-state index contributed by atoms with van der Waals surface area (Å²) in [6.45, 7) is 0.0472. The third-order valence-corrected chi connectivity index (χ3v) is 8.77. The fraction of sp³-hybridized carbons (Fsp3) is 0.424. The Kier molecular flexibility index (Phi) is 8.07. The first kappa shape index (κ1) is 31.6. The molecule has 0 spiro atoms. The van der Waals surface area contributed by atoms with Gasteiger partial charge in [0.25, 0.3) is 5.91 Å². The normalized spacial score (nSPS) is 20.5. The molecule has 2 fully saturated rings. The highest BCUT2D eigenvalue weighted by atomic mass is 19.4. The molecule has 46 heavy (non-hydrogen) atoms. The minimum Gasteiger partial charge on any atom is -0.493 e. The van der Waals surface area contributed by atoms with Crippen molar-refractivity contribution in [3.05, 3.63) is 71.2 Å². The van der Waals surface area contributed by atoms with E-state index in [1.54, 1.807) is 6.92 Å². The number of methoxy groups -OCH3 is 1. The summed E-state index contributed by atoms with van der Waals surface area (Å²) in [6, 6.07) is 10.0. The summed E-state index contributed by atoms with van der Waals surface area (Å²) in [5.41, 5.74) is -5.83. The molecular weight excluding hydrogens is 610 g/mol. The highest BCUT2D eigenvalue weighted by molar-refractivity contribution is 5.95. The van der Waals surface area contributed by atoms with E-state index in [2.05, 4.69) is 15.6 Å². The first-order valence-corrected chi connectivity index (χ1v) is 15.0. The molecule has 3 N–H and O–H groups in total. The molecule has 1 aliphatic heterocycles. The lowest BCUT2D eigenvalue weighted by Crippen LogP contribution is -2.52. The zero-order chi connectivity index (χ0) is 32.9. The van der Waals surface area contributed by atoms with Gasteiger partial charge in [-0.05, 0) is 87.6 Å². The number of carbonyl (C=O) groups is 2. The summed E-state index contributed by atoms with van der Waals surface area (Å²) in [4.78, 5) is 30.7. The summed E-state index contributed by atoms with van der Waals surface area (Å²) in [7, 11) is 1.38. The number of fused-ring (bicyclic) bond motifs is 1. The summed E-state index contributed by atoms with van der Waals surface area (Å²) >= 11 is 0. The van der Waals surface area contributed by atoms with Gasteiger partial charge in [-0.2, -0.15) is 13.2 Å². The predicted molar refractivity (Wildman–Crippen MR) is 157 cm³/mol. The van der Waals surface area contributed by atoms with Crippen molar-refractivity contribution in [1.82, 2.24) is 15.6 Å². The van der Waals surface area contributed by atoms with Crippen molar-refractivity contribution < 1.29 is 46.5 Å². The van der Waals surface area contributed by atoms with Crippen molar-refractivity contribution >= 4 is 11.8 Å². The van der Waals surface area contributed by atoms with Crippen LogP contribution in [0.15, 0.2) is 48.5 Å². The minimum atomic E-state index is -5.33. The number of carbonyl (C=O) groups excluding carboxylic acids is 2. The number of aromatic nitrogens is 1. The first-order chi connectivity index (χ1) is 21.8. The molecule has 2 aliphatic carbocycles. The van der Waals surface area contributed by atoms with Crippen LogP contribution < -0.4 is 24.8 Å². The van der Waals surface area contributed by atoms with Crippen LogP contribution in [0.5, 0.6) is 17.2 Å². The van der Waals surface area contributed by atoms with Crippen LogP contribution in [-0.2, 0) is 15.8 Å². The van der Waals surface area contributed by atoms with Gasteiger partial charge in [0.15, 0.2) is 11.5 Å². The number of rotatable bonds is 10. The number of nitrogens with zero attached hydrogens (tertiary/aromatic N) is 1. The summed E-state index contributed by atoms with van der Waals surface area (Å²) in [6.07, 6.45) is -0.985. The van der Waals surface area contributed by atoms with Crippen LogP contribution >= 0.6 is 0 Å². The van der Waals surface area contributed by atoms with E-state index in [4.69, 9.17) is 14.2 Å². The largest absolute Gasteiger partial charge is 0.493 e. The molecule has 0 saturated heterocycles. The lowest BCUT2D eigenvalue weighted by atomic mass is 9.80. The topological polar surface area (TPSA) is 119 Å². The number of hydrogen-bond acceptors (Lipinski definition) is 7. The molecule has 244 valence electrons. The third kappa shape index (κ3) is 5.83. The van der Waals surface area contributed by atoms with Gasteiger partial charge >= 0.3 is 6.18 Å². The van der Waals surface area contributed by atoms with E-state index in [1.807, 2.05) is 0 Å². The first-order valence-electron chi connectivity index (χ1n) is 15.0. The molecule has 0 radical (unpaired) electrons. The van der Waals surface area contributed by atoms with E-state index in [0.29, 0.717) is 5.75 Å². The van der Waals surface area contributed by atoms with Gasteiger partial charge in [-0.15, -0.1) is 0 Å². The van der Waals surface area contributed by atoms with Crippen LogP contribution in [0.25, 0.3) is 11.3 Å². The molecule has 2 aromatic carbocycles. The van der Waals surface area contributed by atoms with E-state index in [9.17, 15) is 32.3 Å². The average Bonchev–Trinajstić information content (AvgIpc) is 3.77. The van der Waals surface area contributed by atoms with E-state index < -0.39 is 47.1 Å². The lowest BCUT2D eigenvalue weighted by molar-refractivity contribution is -0.265. The number of ether oxygens (including phenoxy) is 3. The van der Waals surface area contributed by atoms with Crippen molar-refractivity contribution in [2.75, 3.05) is 20.3 Å². The Bertz CT molecular complexity index is 1660. The average molecular weight is 644 g/mol. The van der Waals surface area contributed by atoms with Crippen LogP contribution in [-0.4, -0.2) is 60.5 Å². The van der Waals surface area contributed by atoms with Gasteiger partial charge < -0.3 is 30.0 Å². The lowest BCUT2D eigenvalue weighted by Gasteiger charge is -2.33. The molecule has 2 heterocycles. The maximum absolute atomic E-state index is 14.8. The van der Waals surface area contributed by atoms with Gasteiger partial charge in [-0.3, -0.25) is 9.59 Å². The maximum atomic E-state index is 14.8.